The minimum Gasteiger partial charge on any atom is -0.481 e. The molecule has 1 aliphatic carbocycles. The number of hydrogen-bond acceptors (Lipinski definition) is 3. The van der Waals surface area contributed by atoms with E-state index in [1.807, 2.05) is 0 Å². The van der Waals surface area contributed by atoms with Crippen molar-refractivity contribution in [2.45, 2.75) is 19.3 Å². The van der Waals surface area contributed by atoms with Gasteiger partial charge in [-0.05, 0) is 12.8 Å². The fraction of sp³-hybridized carbons (Fsp3) is 0.778. The van der Waals surface area contributed by atoms with E-state index in [-0.39, 0.29) is 12.3 Å². The van der Waals surface area contributed by atoms with Crippen LogP contribution in [-0.4, -0.2) is 37.2 Å². The first-order valence-electron chi connectivity index (χ1n) is 4.60. The van der Waals surface area contributed by atoms with Crippen molar-refractivity contribution in [2.24, 2.45) is 5.41 Å². The Morgan fingerprint density at radius 2 is 2.14 bits per heavy atom. The van der Waals surface area contributed by atoms with Crippen LogP contribution in [0.2, 0.25) is 0 Å². The van der Waals surface area contributed by atoms with Crippen LogP contribution in [0.15, 0.2) is 0 Å². The summed E-state index contributed by atoms with van der Waals surface area (Å²) >= 11 is 0. The molecule has 14 heavy (non-hydrogen) atoms. The van der Waals surface area contributed by atoms with Gasteiger partial charge in [0.05, 0.1) is 12.0 Å². The first kappa shape index (κ1) is 11.0. The zero-order valence-corrected chi connectivity index (χ0v) is 8.21. The van der Waals surface area contributed by atoms with E-state index >= 15 is 0 Å². The Hall–Kier alpha value is -1.10. The summed E-state index contributed by atoms with van der Waals surface area (Å²) in [5, 5.41) is 11.4. The minimum absolute atomic E-state index is 0.0893. The van der Waals surface area contributed by atoms with Crippen molar-refractivity contribution < 1.29 is 19.4 Å². The Morgan fingerprint density at radius 1 is 1.50 bits per heavy atom. The fourth-order valence-electron chi connectivity index (χ4n) is 1.28. The summed E-state index contributed by atoms with van der Waals surface area (Å²) in [5.41, 5.74) is -0.767. The van der Waals surface area contributed by atoms with Gasteiger partial charge in [0, 0.05) is 20.1 Å². The molecule has 1 amide bonds. The molecule has 0 unspecified atom stereocenters. The van der Waals surface area contributed by atoms with Gasteiger partial charge in [0.15, 0.2) is 0 Å². The van der Waals surface area contributed by atoms with E-state index in [4.69, 9.17) is 9.84 Å². The summed E-state index contributed by atoms with van der Waals surface area (Å²) < 4.78 is 4.75. The summed E-state index contributed by atoms with van der Waals surface area (Å²) in [6, 6.07) is 0. The lowest BCUT2D eigenvalue weighted by Crippen LogP contribution is -2.31. The van der Waals surface area contributed by atoms with Crippen molar-refractivity contribution in [1.82, 2.24) is 5.32 Å². The van der Waals surface area contributed by atoms with Gasteiger partial charge in [-0.25, -0.2) is 0 Å². The number of nitrogens with one attached hydrogen (secondary N) is 1. The molecule has 0 heterocycles. The Bertz CT molecular complexity index is 235. The highest BCUT2D eigenvalue weighted by Crippen LogP contribution is 2.48. The maximum Gasteiger partial charge on any atom is 0.310 e. The van der Waals surface area contributed by atoms with Crippen LogP contribution in [0.25, 0.3) is 0 Å². The van der Waals surface area contributed by atoms with E-state index in [1.165, 1.54) is 0 Å². The highest BCUT2D eigenvalue weighted by molar-refractivity contribution is 5.86. The van der Waals surface area contributed by atoms with Gasteiger partial charge in [-0.3, -0.25) is 9.59 Å². The second-order valence-electron chi connectivity index (χ2n) is 3.61. The second kappa shape index (κ2) is 4.41. The lowest BCUT2D eigenvalue weighted by Gasteiger charge is -2.09. The van der Waals surface area contributed by atoms with Crippen molar-refractivity contribution in [1.29, 1.82) is 0 Å². The zero-order chi connectivity index (χ0) is 10.6. The number of carbonyl (C=O) groups is 2. The number of hydrogen-bond donors (Lipinski definition) is 2. The highest BCUT2D eigenvalue weighted by Gasteiger charge is 2.51. The number of rotatable bonds is 6. The molecule has 80 valence electrons. The second-order valence-corrected chi connectivity index (χ2v) is 3.61. The van der Waals surface area contributed by atoms with Crippen molar-refractivity contribution in [3.63, 3.8) is 0 Å². The standard InChI is InChI=1S/C9H15NO4/c1-14-5-4-10-7(11)6-9(2-3-9)8(12)13/h2-6H2,1H3,(H,10,11)(H,12,13). The van der Waals surface area contributed by atoms with Gasteiger partial charge in [0.25, 0.3) is 0 Å². The topological polar surface area (TPSA) is 75.6 Å². The number of amides is 1. The third-order valence-corrected chi connectivity index (χ3v) is 2.43. The largest absolute Gasteiger partial charge is 0.481 e. The number of carboxylic acid groups (broad SMARTS) is 1. The van der Waals surface area contributed by atoms with E-state index in [0.29, 0.717) is 26.0 Å². The van der Waals surface area contributed by atoms with Crippen molar-refractivity contribution in [2.75, 3.05) is 20.3 Å². The van der Waals surface area contributed by atoms with Crippen LogP contribution in [0.3, 0.4) is 0 Å². The summed E-state index contributed by atoms with van der Waals surface area (Å²) in [4.78, 5) is 22.0. The lowest BCUT2D eigenvalue weighted by atomic mass is 10.0. The number of aliphatic carboxylic acids is 1. The molecule has 0 aliphatic heterocycles. The minimum atomic E-state index is -0.862. The van der Waals surface area contributed by atoms with E-state index in [1.54, 1.807) is 7.11 Å². The number of carboxylic acids is 1. The Labute approximate surface area is 82.4 Å². The summed E-state index contributed by atoms with van der Waals surface area (Å²) in [5.74, 6) is -1.07. The van der Waals surface area contributed by atoms with Crippen LogP contribution in [0, 0.1) is 5.41 Å². The Kier molecular flexibility index (Phi) is 3.46. The molecule has 1 fully saturated rings. The monoisotopic (exact) mass is 201 g/mol. The predicted octanol–water partition coefficient (Wildman–Crippen LogP) is 0.00390. The van der Waals surface area contributed by atoms with E-state index in [0.717, 1.165) is 0 Å². The molecule has 1 saturated carbocycles. The SMILES string of the molecule is COCCNC(=O)CC1(C(=O)O)CC1. The van der Waals surface area contributed by atoms with Gasteiger partial charge < -0.3 is 15.2 Å². The van der Waals surface area contributed by atoms with Crippen LogP contribution in [0.4, 0.5) is 0 Å². The molecule has 2 N–H and O–H groups in total. The number of carbonyl (C=O) groups excluding carboxylic acids is 1. The molecule has 0 aromatic carbocycles. The average molecular weight is 201 g/mol. The third-order valence-electron chi connectivity index (χ3n) is 2.43. The molecule has 0 atom stereocenters. The third kappa shape index (κ3) is 2.70. The van der Waals surface area contributed by atoms with E-state index in [9.17, 15) is 9.59 Å². The van der Waals surface area contributed by atoms with Crippen LogP contribution < -0.4 is 5.32 Å². The zero-order valence-electron chi connectivity index (χ0n) is 8.21. The average Bonchev–Trinajstić information content (AvgIpc) is 2.86. The smallest absolute Gasteiger partial charge is 0.310 e. The molecule has 0 aromatic rings. The van der Waals surface area contributed by atoms with Crippen LogP contribution in [0.5, 0.6) is 0 Å². The van der Waals surface area contributed by atoms with Gasteiger partial charge in [-0.1, -0.05) is 0 Å². The van der Waals surface area contributed by atoms with Gasteiger partial charge in [-0.15, -0.1) is 0 Å². The molecule has 5 heteroatoms. The van der Waals surface area contributed by atoms with Gasteiger partial charge in [0.2, 0.25) is 5.91 Å². The van der Waals surface area contributed by atoms with Crippen LogP contribution in [-0.2, 0) is 14.3 Å². The summed E-state index contributed by atoms with van der Waals surface area (Å²) in [6.45, 7) is 0.886. The molecule has 1 rings (SSSR count). The van der Waals surface area contributed by atoms with Crippen molar-refractivity contribution in [3.05, 3.63) is 0 Å². The molecule has 0 aromatic heterocycles. The highest BCUT2D eigenvalue weighted by atomic mass is 16.5. The van der Waals surface area contributed by atoms with Crippen molar-refractivity contribution in [3.8, 4) is 0 Å². The maximum absolute atomic E-state index is 11.2. The Balaban J connectivity index is 2.24. The molecule has 0 spiro atoms. The van der Waals surface area contributed by atoms with E-state index in [2.05, 4.69) is 5.32 Å². The molecular formula is C9H15NO4. The summed E-state index contributed by atoms with van der Waals surface area (Å²) in [6.07, 6.45) is 1.31. The normalized spacial score (nSPS) is 17.5. The first-order chi connectivity index (χ1) is 6.60. The Morgan fingerprint density at radius 3 is 2.57 bits per heavy atom. The number of ether oxygens (including phenoxy) is 1. The molecule has 0 radical (unpaired) electrons. The van der Waals surface area contributed by atoms with Gasteiger partial charge in [0.1, 0.15) is 0 Å². The summed E-state index contributed by atoms with van der Waals surface area (Å²) in [7, 11) is 1.55. The van der Waals surface area contributed by atoms with Crippen LogP contribution >= 0.6 is 0 Å². The fourth-order valence-corrected chi connectivity index (χ4v) is 1.28. The maximum atomic E-state index is 11.2. The first-order valence-corrected chi connectivity index (χ1v) is 4.60. The molecule has 0 bridgehead atoms. The molecule has 5 nitrogen and oxygen atoms in total. The molecule has 0 saturated heterocycles. The molecule has 1 aliphatic rings. The lowest BCUT2D eigenvalue weighted by molar-refractivity contribution is -0.145. The van der Waals surface area contributed by atoms with Crippen molar-refractivity contribution >= 4 is 11.9 Å². The predicted molar refractivity (Wildman–Crippen MR) is 48.8 cm³/mol. The number of methoxy groups -OCH3 is 1. The quantitative estimate of drug-likeness (QED) is 0.593. The van der Waals surface area contributed by atoms with Crippen LogP contribution in [0.1, 0.15) is 19.3 Å². The van der Waals surface area contributed by atoms with Gasteiger partial charge >= 0.3 is 5.97 Å². The molecular weight excluding hydrogens is 186 g/mol. The van der Waals surface area contributed by atoms with E-state index < -0.39 is 11.4 Å². The van der Waals surface area contributed by atoms with Gasteiger partial charge in [-0.2, -0.15) is 0 Å².